The molecular formula is C15H24N2O. The van der Waals surface area contributed by atoms with Crippen molar-refractivity contribution in [3.05, 3.63) is 29.3 Å². The summed E-state index contributed by atoms with van der Waals surface area (Å²) in [5.74, 6) is 1.55. The van der Waals surface area contributed by atoms with Crippen LogP contribution < -0.4 is 10.1 Å². The molecule has 3 nitrogen and oxygen atoms in total. The van der Waals surface area contributed by atoms with Crippen molar-refractivity contribution < 1.29 is 4.74 Å². The van der Waals surface area contributed by atoms with Gasteiger partial charge in [-0.25, -0.2) is 0 Å². The number of piperazine rings is 1. The Morgan fingerprint density at radius 3 is 2.78 bits per heavy atom. The van der Waals surface area contributed by atoms with Crippen molar-refractivity contribution in [2.75, 3.05) is 33.8 Å². The third kappa shape index (κ3) is 2.68. The van der Waals surface area contributed by atoms with E-state index < -0.39 is 0 Å². The summed E-state index contributed by atoms with van der Waals surface area (Å²) in [5.41, 5.74) is 2.68. The normalized spacial score (nSPS) is 21.3. The maximum absolute atomic E-state index is 5.53. The van der Waals surface area contributed by atoms with E-state index in [1.54, 1.807) is 7.11 Å². The second-order valence-electron chi connectivity index (χ2n) is 5.36. The SMILES string of the molecule is COc1ccc(C(C)C)cc1C1CNCCN1C. The fourth-order valence-electron chi connectivity index (χ4n) is 2.53. The Hall–Kier alpha value is -1.06. The Morgan fingerprint density at radius 1 is 1.39 bits per heavy atom. The summed E-state index contributed by atoms with van der Waals surface area (Å²) in [6.07, 6.45) is 0. The third-order valence-electron chi connectivity index (χ3n) is 3.79. The van der Waals surface area contributed by atoms with Crippen molar-refractivity contribution in [1.82, 2.24) is 10.2 Å². The number of benzene rings is 1. The van der Waals surface area contributed by atoms with Gasteiger partial charge in [-0.05, 0) is 24.6 Å². The molecule has 1 aliphatic rings. The van der Waals surface area contributed by atoms with E-state index in [4.69, 9.17) is 4.74 Å². The fourth-order valence-corrected chi connectivity index (χ4v) is 2.53. The Kier molecular flexibility index (Phi) is 4.25. The molecule has 0 bridgehead atoms. The molecule has 0 radical (unpaired) electrons. The Bertz CT molecular complexity index is 403. The summed E-state index contributed by atoms with van der Waals surface area (Å²) < 4.78 is 5.53. The lowest BCUT2D eigenvalue weighted by Gasteiger charge is -2.34. The second-order valence-corrected chi connectivity index (χ2v) is 5.36. The van der Waals surface area contributed by atoms with Gasteiger partial charge in [-0.2, -0.15) is 0 Å². The maximum atomic E-state index is 5.53. The Balaban J connectivity index is 2.36. The van der Waals surface area contributed by atoms with E-state index in [1.165, 1.54) is 11.1 Å². The first-order valence-electron chi connectivity index (χ1n) is 6.72. The quantitative estimate of drug-likeness (QED) is 0.889. The van der Waals surface area contributed by atoms with E-state index >= 15 is 0 Å². The van der Waals surface area contributed by atoms with E-state index in [0.717, 1.165) is 25.4 Å². The lowest BCUT2D eigenvalue weighted by molar-refractivity contribution is 0.198. The van der Waals surface area contributed by atoms with Crippen LogP contribution in [-0.4, -0.2) is 38.7 Å². The standard InChI is InChI=1S/C15H24N2O/c1-11(2)12-5-6-15(18-4)13(9-12)14-10-16-7-8-17(14)3/h5-6,9,11,14,16H,7-8,10H2,1-4H3. The van der Waals surface area contributed by atoms with Crippen LogP contribution in [0.15, 0.2) is 18.2 Å². The van der Waals surface area contributed by atoms with Crippen LogP contribution in [0.3, 0.4) is 0 Å². The van der Waals surface area contributed by atoms with Crippen LogP contribution in [0.5, 0.6) is 5.75 Å². The van der Waals surface area contributed by atoms with Gasteiger partial charge in [0.1, 0.15) is 5.75 Å². The number of likely N-dealkylation sites (N-methyl/N-ethyl adjacent to an activating group) is 1. The zero-order chi connectivity index (χ0) is 13.1. The number of nitrogens with zero attached hydrogens (tertiary/aromatic N) is 1. The molecule has 1 unspecified atom stereocenters. The van der Waals surface area contributed by atoms with E-state index in [0.29, 0.717) is 12.0 Å². The highest BCUT2D eigenvalue weighted by atomic mass is 16.5. The zero-order valence-electron chi connectivity index (χ0n) is 11.9. The monoisotopic (exact) mass is 248 g/mol. The van der Waals surface area contributed by atoms with Crippen LogP contribution >= 0.6 is 0 Å². The molecule has 3 heteroatoms. The second kappa shape index (κ2) is 5.72. The minimum Gasteiger partial charge on any atom is -0.496 e. The van der Waals surface area contributed by atoms with Crippen molar-refractivity contribution in [1.29, 1.82) is 0 Å². The molecule has 18 heavy (non-hydrogen) atoms. The molecule has 1 aromatic carbocycles. The predicted molar refractivity (Wildman–Crippen MR) is 75.3 cm³/mol. The van der Waals surface area contributed by atoms with Gasteiger partial charge in [0.2, 0.25) is 0 Å². The molecule has 1 fully saturated rings. The van der Waals surface area contributed by atoms with Gasteiger partial charge in [0.05, 0.1) is 13.2 Å². The number of methoxy groups -OCH3 is 1. The molecule has 0 spiro atoms. The highest BCUT2D eigenvalue weighted by Gasteiger charge is 2.23. The summed E-state index contributed by atoms with van der Waals surface area (Å²) in [5, 5.41) is 3.47. The van der Waals surface area contributed by atoms with Gasteiger partial charge in [0.15, 0.2) is 0 Å². The van der Waals surface area contributed by atoms with Crippen LogP contribution in [0.2, 0.25) is 0 Å². The summed E-state index contributed by atoms with van der Waals surface area (Å²) in [4.78, 5) is 2.40. The van der Waals surface area contributed by atoms with E-state index in [1.807, 2.05) is 0 Å². The van der Waals surface area contributed by atoms with Crippen LogP contribution in [-0.2, 0) is 0 Å². The maximum Gasteiger partial charge on any atom is 0.123 e. The lowest BCUT2D eigenvalue weighted by Crippen LogP contribution is -2.43. The largest absolute Gasteiger partial charge is 0.496 e. The smallest absolute Gasteiger partial charge is 0.123 e. The van der Waals surface area contributed by atoms with Gasteiger partial charge in [0.25, 0.3) is 0 Å². The molecular weight excluding hydrogens is 224 g/mol. The number of hydrogen-bond acceptors (Lipinski definition) is 3. The minimum absolute atomic E-state index is 0.410. The van der Waals surface area contributed by atoms with Gasteiger partial charge >= 0.3 is 0 Å². The molecule has 1 heterocycles. The lowest BCUT2D eigenvalue weighted by atomic mass is 9.95. The first-order chi connectivity index (χ1) is 8.63. The molecule has 1 saturated heterocycles. The molecule has 1 atom stereocenters. The molecule has 1 N–H and O–H groups in total. The minimum atomic E-state index is 0.410. The van der Waals surface area contributed by atoms with E-state index in [-0.39, 0.29) is 0 Å². The Morgan fingerprint density at radius 2 is 2.17 bits per heavy atom. The van der Waals surface area contributed by atoms with Gasteiger partial charge < -0.3 is 10.1 Å². The molecule has 0 amide bonds. The number of rotatable bonds is 3. The van der Waals surface area contributed by atoms with Crippen LogP contribution in [0.25, 0.3) is 0 Å². The van der Waals surface area contributed by atoms with Crippen molar-refractivity contribution in [3.63, 3.8) is 0 Å². The Labute approximate surface area is 110 Å². The summed E-state index contributed by atoms with van der Waals surface area (Å²) in [6, 6.07) is 6.99. The molecule has 0 saturated carbocycles. The predicted octanol–water partition coefficient (Wildman–Crippen LogP) is 2.39. The van der Waals surface area contributed by atoms with E-state index in [9.17, 15) is 0 Å². The summed E-state index contributed by atoms with van der Waals surface area (Å²) in [7, 11) is 3.94. The fraction of sp³-hybridized carbons (Fsp3) is 0.600. The number of ether oxygens (including phenoxy) is 1. The summed E-state index contributed by atoms with van der Waals surface area (Å²) >= 11 is 0. The van der Waals surface area contributed by atoms with E-state index in [2.05, 4.69) is 49.3 Å². The molecule has 100 valence electrons. The van der Waals surface area contributed by atoms with Crippen LogP contribution in [0.1, 0.15) is 36.9 Å². The highest BCUT2D eigenvalue weighted by molar-refractivity contribution is 5.41. The average Bonchev–Trinajstić information content (AvgIpc) is 2.38. The van der Waals surface area contributed by atoms with Gasteiger partial charge in [-0.15, -0.1) is 0 Å². The van der Waals surface area contributed by atoms with Crippen LogP contribution in [0, 0.1) is 0 Å². The van der Waals surface area contributed by atoms with Gasteiger partial charge in [0, 0.05) is 25.2 Å². The highest BCUT2D eigenvalue weighted by Crippen LogP contribution is 2.32. The zero-order valence-corrected chi connectivity index (χ0v) is 11.9. The van der Waals surface area contributed by atoms with Crippen molar-refractivity contribution >= 4 is 0 Å². The average molecular weight is 248 g/mol. The molecule has 0 aromatic heterocycles. The number of hydrogen-bond donors (Lipinski definition) is 1. The number of nitrogens with one attached hydrogen (secondary N) is 1. The van der Waals surface area contributed by atoms with Gasteiger partial charge in [-0.3, -0.25) is 4.90 Å². The van der Waals surface area contributed by atoms with Crippen molar-refractivity contribution in [2.45, 2.75) is 25.8 Å². The summed E-state index contributed by atoms with van der Waals surface area (Å²) in [6.45, 7) is 7.61. The molecule has 0 aliphatic carbocycles. The van der Waals surface area contributed by atoms with Crippen molar-refractivity contribution in [3.8, 4) is 5.75 Å². The molecule has 1 aromatic rings. The van der Waals surface area contributed by atoms with Crippen LogP contribution in [0.4, 0.5) is 0 Å². The molecule has 1 aliphatic heterocycles. The topological polar surface area (TPSA) is 24.5 Å². The first kappa shape index (κ1) is 13.4. The molecule has 2 rings (SSSR count). The third-order valence-corrected chi connectivity index (χ3v) is 3.79. The van der Waals surface area contributed by atoms with Crippen molar-refractivity contribution in [2.24, 2.45) is 0 Å². The van der Waals surface area contributed by atoms with Gasteiger partial charge in [-0.1, -0.05) is 26.0 Å². The first-order valence-corrected chi connectivity index (χ1v) is 6.72.